The predicted octanol–water partition coefficient (Wildman–Crippen LogP) is 3.63. The summed E-state index contributed by atoms with van der Waals surface area (Å²) in [6.45, 7) is 2.25. The summed E-state index contributed by atoms with van der Waals surface area (Å²) in [7, 11) is 0. The van der Waals surface area contributed by atoms with Gasteiger partial charge >= 0.3 is 5.97 Å². The smallest absolute Gasteiger partial charge is 0.371 e. The molecule has 0 saturated heterocycles. The zero-order chi connectivity index (χ0) is 18.3. The quantitative estimate of drug-likeness (QED) is 0.739. The fourth-order valence-electron chi connectivity index (χ4n) is 3.59. The highest BCUT2D eigenvalue weighted by Crippen LogP contribution is 2.34. The summed E-state index contributed by atoms with van der Waals surface area (Å²) < 4.78 is 7.01. The Bertz CT molecular complexity index is 1040. The summed E-state index contributed by atoms with van der Waals surface area (Å²) in [5, 5.41) is 9.78. The molecular weight excluding hydrogens is 352 g/mol. The van der Waals surface area contributed by atoms with E-state index >= 15 is 0 Å². The van der Waals surface area contributed by atoms with E-state index in [1.807, 2.05) is 0 Å². The Kier molecular flexibility index (Phi) is 4.40. The number of thiophene rings is 1. The lowest BCUT2D eigenvalue weighted by Crippen LogP contribution is -2.26. The van der Waals surface area contributed by atoms with Crippen molar-refractivity contribution in [3.8, 4) is 0 Å². The predicted molar refractivity (Wildman–Crippen MR) is 99.3 cm³/mol. The van der Waals surface area contributed by atoms with Crippen LogP contribution in [-0.4, -0.2) is 20.6 Å². The van der Waals surface area contributed by atoms with Crippen molar-refractivity contribution in [2.75, 3.05) is 0 Å². The zero-order valence-electron chi connectivity index (χ0n) is 14.6. The van der Waals surface area contributed by atoms with E-state index in [-0.39, 0.29) is 17.9 Å². The van der Waals surface area contributed by atoms with Crippen LogP contribution in [0, 0.1) is 0 Å². The maximum atomic E-state index is 13.3. The number of carbonyl (C=O) groups is 1. The van der Waals surface area contributed by atoms with Crippen LogP contribution in [0.15, 0.2) is 21.3 Å². The molecule has 0 radical (unpaired) electrons. The number of nitrogens with zero attached hydrogens (tertiary/aromatic N) is 2. The molecule has 1 aliphatic carbocycles. The Morgan fingerprint density at radius 1 is 1.35 bits per heavy atom. The molecule has 4 rings (SSSR count). The maximum absolute atomic E-state index is 13.3. The molecule has 0 fully saturated rings. The van der Waals surface area contributed by atoms with Crippen molar-refractivity contribution in [3.05, 3.63) is 50.3 Å². The molecule has 0 atom stereocenters. The van der Waals surface area contributed by atoms with E-state index in [9.17, 15) is 9.59 Å². The average Bonchev–Trinajstić information content (AvgIpc) is 3.23. The van der Waals surface area contributed by atoms with Gasteiger partial charge in [-0.3, -0.25) is 9.36 Å². The molecule has 1 aliphatic rings. The molecule has 26 heavy (non-hydrogen) atoms. The van der Waals surface area contributed by atoms with Crippen LogP contribution in [-0.2, 0) is 25.8 Å². The van der Waals surface area contributed by atoms with Gasteiger partial charge in [0.25, 0.3) is 5.56 Å². The largest absolute Gasteiger partial charge is 0.475 e. The fraction of sp³-hybridized carbons (Fsp3) is 0.421. The molecule has 0 spiro atoms. The van der Waals surface area contributed by atoms with Crippen LogP contribution >= 0.6 is 11.3 Å². The number of hydrogen-bond acceptors (Lipinski definition) is 5. The molecule has 3 heterocycles. The number of furan rings is 1. The van der Waals surface area contributed by atoms with Crippen LogP contribution in [0.3, 0.4) is 0 Å². The van der Waals surface area contributed by atoms with Gasteiger partial charge in [0.1, 0.15) is 16.4 Å². The Labute approximate surface area is 154 Å². The molecule has 136 valence electrons. The van der Waals surface area contributed by atoms with Crippen LogP contribution < -0.4 is 5.56 Å². The van der Waals surface area contributed by atoms with Crippen molar-refractivity contribution in [3.63, 3.8) is 0 Å². The third-order valence-electron chi connectivity index (χ3n) is 4.81. The first kappa shape index (κ1) is 17.0. The molecule has 3 aromatic heterocycles. The molecule has 0 unspecified atom stereocenters. The van der Waals surface area contributed by atoms with Gasteiger partial charge in [-0.25, -0.2) is 9.78 Å². The third-order valence-corrected chi connectivity index (χ3v) is 6.00. The summed E-state index contributed by atoms with van der Waals surface area (Å²) in [5.41, 5.74) is 1.13. The van der Waals surface area contributed by atoms with Crippen LogP contribution in [0.4, 0.5) is 0 Å². The van der Waals surface area contributed by atoms with E-state index in [2.05, 4.69) is 6.92 Å². The van der Waals surface area contributed by atoms with Crippen LogP contribution in [0.5, 0.6) is 0 Å². The highest BCUT2D eigenvalue weighted by atomic mass is 32.1. The van der Waals surface area contributed by atoms with Gasteiger partial charge in [-0.15, -0.1) is 11.3 Å². The minimum Gasteiger partial charge on any atom is -0.475 e. The lowest BCUT2D eigenvalue weighted by atomic mass is 9.97. The summed E-state index contributed by atoms with van der Waals surface area (Å²) in [5.74, 6) is -0.0473. The second-order valence-electron chi connectivity index (χ2n) is 6.63. The van der Waals surface area contributed by atoms with Gasteiger partial charge < -0.3 is 9.52 Å². The highest BCUT2D eigenvalue weighted by Gasteiger charge is 2.22. The average molecular weight is 372 g/mol. The van der Waals surface area contributed by atoms with Gasteiger partial charge in [0.2, 0.25) is 5.76 Å². The minimum atomic E-state index is -1.11. The molecule has 0 aliphatic heterocycles. The van der Waals surface area contributed by atoms with E-state index < -0.39 is 5.97 Å². The number of carboxylic acids is 1. The maximum Gasteiger partial charge on any atom is 0.371 e. The number of aromatic nitrogens is 2. The lowest BCUT2D eigenvalue weighted by molar-refractivity contribution is 0.0660. The number of aromatic carboxylic acids is 1. The number of aryl methyl sites for hydroxylation is 3. The number of carboxylic acid groups (broad SMARTS) is 1. The second-order valence-corrected chi connectivity index (χ2v) is 7.72. The van der Waals surface area contributed by atoms with E-state index in [4.69, 9.17) is 14.5 Å². The molecule has 3 aromatic rings. The van der Waals surface area contributed by atoms with E-state index in [1.54, 1.807) is 22.0 Å². The normalized spacial score (nSPS) is 13.9. The Hall–Kier alpha value is -2.41. The van der Waals surface area contributed by atoms with Crippen molar-refractivity contribution in [2.45, 2.75) is 52.0 Å². The molecule has 0 saturated carbocycles. The van der Waals surface area contributed by atoms with Crippen molar-refractivity contribution in [1.82, 2.24) is 9.55 Å². The topological polar surface area (TPSA) is 85.3 Å². The van der Waals surface area contributed by atoms with Gasteiger partial charge in [-0.05, 0) is 49.8 Å². The minimum absolute atomic E-state index is 0.0360. The number of fused-ring (bicyclic) bond motifs is 3. The van der Waals surface area contributed by atoms with Crippen molar-refractivity contribution in [2.24, 2.45) is 0 Å². The zero-order valence-corrected chi connectivity index (χ0v) is 15.4. The first-order valence-corrected chi connectivity index (χ1v) is 9.76. The Balaban J connectivity index is 1.85. The van der Waals surface area contributed by atoms with Crippen LogP contribution in [0.25, 0.3) is 10.2 Å². The Morgan fingerprint density at radius 3 is 2.88 bits per heavy atom. The van der Waals surface area contributed by atoms with Crippen LogP contribution in [0.2, 0.25) is 0 Å². The molecule has 6 nitrogen and oxygen atoms in total. The Morgan fingerprint density at radius 2 is 2.15 bits per heavy atom. The number of hydrogen-bond donors (Lipinski definition) is 1. The lowest BCUT2D eigenvalue weighted by Gasteiger charge is -2.12. The van der Waals surface area contributed by atoms with E-state index in [0.29, 0.717) is 12.2 Å². The molecule has 0 bridgehead atoms. The SMILES string of the molecule is CCCc1nc2sc3c(c2c(=O)n1Cc1ccc(C(=O)O)o1)CCCC3. The summed E-state index contributed by atoms with van der Waals surface area (Å²) in [4.78, 5) is 31.2. The monoisotopic (exact) mass is 372 g/mol. The van der Waals surface area contributed by atoms with Gasteiger partial charge in [-0.2, -0.15) is 0 Å². The molecule has 0 aromatic carbocycles. The molecule has 1 N–H and O–H groups in total. The van der Waals surface area contributed by atoms with Gasteiger partial charge in [0, 0.05) is 11.3 Å². The molecular formula is C19H20N2O4S. The standard InChI is InChI=1S/C19H20N2O4S/c1-2-5-15-20-17-16(12-6-3-4-7-14(12)26-17)18(22)21(15)10-11-8-9-13(25-11)19(23)24/h8-9H,2-7,10H2,1H3,(H,23,24). The van der Waals surface area contributed by atoms with Gasteiger partial charge in [-0.1, -0.05) is 6.92 Å². The third kappa shape index (κ3) is 2.86. The van der Waals surface area contributed by atoms with Crippen molar-refractivity contribution >= 4 is 27.5 Å². The highest BCUT2D eigenvalue weighted by molar-refractivity contribution is 7.18. The second kappa shape index (κ2) is 6.72. The summed E-state index contributed by atoms with van der Waals surface area (Å²) in [6, 6.07) is 3.03. The number of rotatable bonds is 5. The molecule has 7 heteroatoms. The summed E-state index contributed by atoms with van der Waals surface area (Å²) >= 11 is 1.65. The van der Waals surface area contributed by atoms with Crippen LogP contribution in [0.1, 0.15) is 58.8 Å². The van der Waals surface area contributed by atoms with Gasteiger partial charge in [0.05, 0.1) is 11.9 Å². The fourth-order valence-corrected chi connectivity index (χ4v) is 4.86. The van der Waals surface area contributed by atoms with Crippen molar-refractivity contribution in [1.29, 1.82) is 0 Å². The first-order valence-electron chi connectivity index (χ1n) is 8.94. The van der Waals surface area contributed by atoms with Crippen molar-refractivity contribution < 1.29 is 14.3 Å². The summed E-state index contributed by atoms with van der Waals surface area (Å²) in [6.07, 6.45) is 5.81. The van der Waals surface area contributed by atoms with E-state index in [0.717, 1.165) is 47.3 Å². The van der Waals surface area contributed by atoms with E-state index in [1.165, 1.54) is 17.4 Å². The first-order chi connectivity index (χ1) is 12.6. The van der Waals surface area contributed by atoms with Gasteiger partial charge in [0.15, 0.2) is 0 Å². The molecule has 0 amide bonds.